The summed E-state index contributed by atoms with van der Waals surface area (Å²) in [5.41, 5.74) is 1.11. The van der Waals surface area contributed by atoms with Crippen LogP contribution in [0.5, 0.6) is 0 Å². The summed E-state index contributed by atoms with van der Waals surface area (Å²) in [6, 6.07) is 12.6. The van der Waals surface area contributed by atoms with Gasteiger partial charge in [0.15, 0.2) is 0 Å². The highest BCUT2D eigenvalue weighted by Gasteiger charge is 2.10. The van der Waals surface area contributed by atoms with E-state index in [2.05, 4.69) is 20.7 Å². The number of halogens is 2. The van der Waals surface area contributed by atoms with Crippen LogP contribution in [-0.2, 0) is 11.3 Å². The third-order valence-corrected chi connectivity index (χ3v) is 3.20. The van der Waals surface area contributed by atoms with Gasteiger partial charge in [-0.1, -0.05) is 17.7 Å². The maximum atomic E-state index is 13.1. The van der Waals surface area contributed by atoms with Gasteiger partial charge in [-0.2, -0.15) is 4.80 Å². The minimum absolute atomic E-state index is 0.128. The van der Waals surface area contributed by atoms with Gasteiger partial charge in [-0.15, -0.1) is 10.2 Å². The van der Waals surface area contributed by atoms with Gasteiger partial charge in [-0.05, 0) is 47.7 Å². The third kappa shape index (κ3) is 3.89. The molecular weight excluding hydrogens is 321 g/mol. The molecule has 2 aromatic carbocycles. The Bertz CT molecular complexity index is 834. The Hall–Kier alpha value is -2.80. The van der Waals surface area contributed by atoms with E-state index in [0.29, 0.717) is 16.5 Å². The maximum absolute atomic E-state index is 13.1. The summed E-state index contributed by atoms with van der Waals surface area (Å²) in [5, 5.41) is 15.0. The molecule has 0 aliphatic heterocycles. The van der Waals surface area contributed by atoms with Gasteiger partial charge >= 0.3 is 0 Å². The average Bonchev–Trinajstić information content (AvgIpc) is 2.96. The summed E-state index contributed by atoms with van der Waals surface area (Å²) in [5.74, 6) is -0.414. The number of nitrogens with zero attached hydrogens (tertiary/aromatic N) is 4. The van der Waals surface area contributed by atoms with Crippen LogP contribution in [-0.4, -0.2) is 26.1 Å². The lowest BCUT2D eigenvalue weighted by atomic mass is 10.2. The van der Waals surface area contributed by atoms with Crippen molar-refractivity contribution in [3.05, 3.63) is 59.4 Å². The van der Waals surface area contributed by atoms with Crippen LogP contribution >= 0.6 is 11.6 Å². The van der Waals surface area contributed by atoms with Crippen molar-refractivity contribution in [2.45, 2.75) is 6.54 Å². The van der Waals surface area contributed by atoms with Crippen LogP contribution in [0.25, 0.3) is 11.4 Å². The minimum atomic E-state index is -0.424. The van der Waals surface area contributed by atoms with Gasteiger partial charge in [0.1, 0.15) is 12.4 Å². The molecule has 0 saturated heterocycles. The largest absolute Gasteiger partial charge is 0.324 e. The maximum Gasteiger partial charge on any atom is 0.248 e. The van der Waals surface area contributed by atoms with Gasteiger partial charge in [0.25, 0.3) is 0 Å². The predicted octanol–water partition coefficient (Wildman–Crippen LogP) is 2.77. The van der Waals surface area contributed by atoms with Crippen LogP contribution in [0.3, 0.4) is 0 Å². The van der Waals surface area contributed by atoms with Crippen LogP contribution in [0.4, 0.5) is 10.1 Å². The Morgan fingerprint density at radius 3 is 2.74 bits per heavy atom. The number of rotatable bonds is 4. The summed E-state index contributed by atoms with van der Waals surface area (Å²) in [7, 11) is 0. The zero-order chi connectivity index (χ0) is 16.2. The highest BCUT2D eigenvalue weighted by Crippen LogP contribution is 2.17. The molecule has 116 valence electrons. The van der Waals surface area contributed by atoms with Crippen molar-refractivity contribution in [2.75, 3.05) is 5.32 Å². The second kappa shape index (κ2) is 6.53. The highest BCUT2D eigenvalue weighted by molar-refractivity contribution is 6.30. The van der Waals surface area contributed by atoms with Crippen molar-refractivity contribution in [2.24, 2.45) is 0 Å². The molecule has 6 nitrogen and oxygen atoms in total. The van der Waals surface area contributed by atoms with Crippen LogP contribution in [0.2, 0.25) is 5.02 Å². The molecule has 1 heterocycles. The molecule has 0 unspecified atom stereocenters. The van der Waals surface area contributed by atoms with E-state index in [1.807, 2.05) is 0 Å². The molecule has 0 saturated carbocycles. The fourth-order valence-corrected chi connectivity index (χ4v) is 2.05. The van der Waals surface area contributed by atoms with Gasteiger partial charge < -0.3 is 5.32 Å². The Kier molecular flexibility index (Phi) is 4.29. The first-order valence-corrected chi connectivity index (χ1v) is 7.07. The summed E-state index contributed by atoms with van der Waals surface area (Å²) in [6.07, 6.45) is 0. The number of hydrogen-bond acceptors (Lipinski definition) is 4. The number of amides is 1. The molecule has 0 aliphatic carbocycles. The zero-order valence-corrected chi connectivity index (χ0v) is 12.5. The molecule has 23 heavy (non-hydrogen) atoms. The summed E-state index contributed by atoms with van der Waals surface area (Å²) in [4.78, 5) is 13.1. The molecule has 0 radical (unpaired) electrons. The Labute approximate surface area is 135 Å². The van der Waals surface area contributed by atoms with Crippen LogP contribution in [0.15, 0.2) is 48.5 Å². The number of hydrogen-bond donors (Lipinski definition) is 1. The van der Waals surface area contributed by atoms with Crippen molar-refractivity contribution in [3.8, 4) is 11.4 Å². The molecule has 8 heteroatoms. The molecule has 0 atom stereocenters. The topological polar surface area (TPSA) is 72.7 Å². The number of carbonyl (C=O) groups is 1. The van der Waals surface area contributed by atoms with Crippen molar-refractivity contribution in [3.63, 3.8) is 0 Å². The minimum Gasteiger partial charge on any atom is -0.324 e. The second-order valence-electron chi connectivity index (χ2n) is 4.71. The van der Waals surface area contributed by atoms with E-state index in [0.717, 1.165) is 5.56 Å². The first kappa shape index (κ1) is 15.1. The normalized spacial score (nSPS) is 10.5. The lowest BCUT2D eigenvalue weighted by Gasteiger charge is -2.04. The highest BCUT2D eigenvalue weighted by atomic mass is 35.5. The van der Waals surface area contributed by atoms with Crippen molar-refractivity contribution in [1.82, 2.24) is 20.2 Å². The number of carbonyl (C=O) groups excluding carboxylic acids is 1. The number of anilines is 1. The molecule has 1 amide bonds. The molecule has 0 fully saturated rings. The molecule has 3 aromatic rings. The predicted molar refractivity (Wildman–Crippen MR) is 83.3 cm³/mol. The van der Waals surface area contributed by atoms with E-state index in [9.17, 15) is 9.18 Å². The van der Waals surface area contributed by atoms with Crippen LogP contribution in [0, 0.1) is 5.82 Å². The zero-order valence-electron chi connectivity index (χ0n) is 11.8. The van der Waals surface area contributed by atoms with E-state index in [1.165, 1.54) is 23.0 Å². The van der Waals surface area contributed by atoms with Crippen molar-refractivity contribution in [1.29, 1.82) is 0 Å². The smallest absolute Gasteiger partial charge is 0.248 e. The van der Waals surface area contributed by atoms with Crippen molar-refractivity contribution < 1.29 is 9.18 Å². The summed E-state index contributed by atoms with van der Waals surface area (Å²) in [6.45, 7) is -0.128. The van der Waals surface area contributed by atoms with Gasteiger partial charge in [0.05, 0.1) is 0 Å². The lowest BCUT2D eigenvalue weighted by Crippen LogP contribution is -2.20. The summed E-state index contributed by atoms with van der Waals surface area (Å²) < 4.78 is 13.1. The van der Waals surface area contributed by atoms with E-state index >= 15 is 0 Å². The van der Waals surface area contributed by atoms with Crippen LogP contribution in [0.1, 0.15) is 0 Å². The number of aromatic nitrogens is 4. The third-order valence-electron chi connectivity index (χ3n) is 2.95. The second-order valence-corrected chi connectivity index (χ2v) is 5.15. The number of nitrogens with one attached hydrogen (secondary N) is 1. The van der Waals surface area contributed by atoms with Gasteiger partial charge in [-0.3, -0.25) is 4.79 Å². The molecule has 0 bridgehead atoms. The lowest BCUT2D eigenvalue weighted by molar-refractivity contribution is -0.117. The molecule has 1 aromatic heterocycles. The molecule has 3 rings (SSSR count). The Balaban J connectivity index is 1.66. The molecule has 0 spiro atoms. The number of benzene rings is 2. The quantitative estimate of drug-likeness (QED) is 0.798. The van der Waals surface area contributed by atoms with Gasteiger partial charge in [-0.25, -0.2) is 4.39 Å². The van der Waals surface area contributed by atoms with E-state index in [-0.39, 0.29) is 12.5 Å². The van der Waals surface area contributed by atoms with Gasteiger partial charge in [0, 0.05) is 16.3 Å². The van der Waals surface area contributed by atoms with Gasteiger partial charge in [0.2, 0.25) is 11.7 Å². The number of tetrazole rings is 1. The molecular formula is C15H11ClFN5O. The standard InChI is InChI=1S/C15H11ClFN5O/c16-11-6-4-10(5-7-11)15-19-21-22(20-15)9-14(23)18-13-3-1-2-12(17)8-13/h1-8H,9H2,(H,18,23). The summed E-state index contributed by atoms with van der Waals surface area (Å²) >= 11 is 5.82. The fourth-order valence-electron chi connectivity index (χ4n) is 1.92. The molecule has 0 aliphatic rings. The first-order chi connectivity index (χ1) is 11.1. The van der Waals surface area contributed by atoms with E-state index in [4.69, 9.17) is 11.6 Å². The Morgan fingerprint density at radius 1 is 1.22 bits per heavy atom. The van der Waals surface area contributed by atoms with E-state index < -0.39 is 5.82 Å². The fraction of sp³-hybridized carbons (Fsp3) is 0.0667. The molecule has 1 N–H and O–H groups in total. The monoisotopic (exact) mass is 331 g/mol. The SMILES string of the molecule is O=C(Cn1nnc(-c2ccc(Cl)cc2)n1)Nc1cccc(F)c1. The van der Waals surface area contributed by atoms with Crippen LogP contribution < -0.4 is 5.32 Å². The van der Waals surface area contributed by atoms with E-state index in [1.54, 1.807) is 30.3 Å². The average molecular weight is 332 g/mol. The Morgan fingerprint density at radius 2 is 2.00 bits per heavy atom. The van der Waals surface area contributed by atoms with Crippen molar-refractivity contribution >= 4 is 23.2 Å². The first-order valence-electron chi connectivity index (χ1n) is 6.69.